The Labute approximate surface area is 752 Å². The number of aryl methyl sites for hydroxylation is 7. The van der Waals surface area contributed by atoms with Gasteiger partial charge in [0, 0.05) is 154 Å². The minimum Gasteiger partial charge on any atom is -0.301 e. The third-order valence-electron chi connectivity index (χ3n) is 16.2. The lowest BCUT2D eigenvalue weighted by molar-refractivity contribution is -0.385. The minimum atomic E-state index is -0.478. The Balaban J connectivity index is 0.000000178. The number of para-hydroxylation sites is 2. The predicted molar refractivity (Wildman–Crippen MR) is 491 cm³/mol. The number of H-pyrrole nitrogens is 5. The van der Waals surface area contributed by atoms with Gasteiger partial charge in [0.2, 0.25) is 0 Å². The van der Waals surface area contributed by atoms with Crippen molar-refractivity contribution in [2.45, 2.75) is 147 Å². The second-order valence-electron chi connectivity index (χ2n) is 25.5. The summed E-state index contributed by atoms with van der Waals surface area (Å²) in [7, 11) is 0. The molecule has 0 amide bonds. The number of aromatic nitrogens is 14. The van der Waals surface area contributed by atoms with Crippen LogP contribution in [0.4, 0.5) is 5.69 Å². The topological polar surface area (TPSA) is 327 Å². The number of fused-ring (bicyclic) bond motifs is 1. The van der Waals surface area contributed by atoms with Crippen molar-refractivity contribution in [3.05, 3.63) is 339 Å². The molecule has 622 valence electrons. The van der Waals surface area contributed by atoms with Crippen LogP contribution in [0.15, 0.2) is 213 Å². The molecule has 0 bridgehead atoms. The van der Waals surface area contributed by atoms with Crippen LogP contribution in [0.1, 0.15) is 106 Å². The molecule has 5 N–H and O–H groups in total. The first-order valence-electron chi connectivity index (χ1n) is 36.3. The molecule has 7 aromatic heterocycles. The Morgan fingerprint density at radius 1 is 0.370 bits per heavy atom. The highest BCUT2D eigenvalue weighted by Gasteiger charge is 2.19. The molecule has 0 saturated heterocycles. The Morgan fingerprint density at radius 3 is 1.27 bits per heavy atom. The summed E-state index contributed by atoms with van der Waals surface area (Å²) in [6.45, 7) is 20.3. The molecule has 0 saturated carbocycles. The van der Waals surface area contributed by atoms with Gasteiger partial charge in [-0.2, -0.15) is 0 Å². The van der Waals surface area contributed by atoms with Crippen LogP contribution in [0.2, 0.25) is 40.2 Å². The summed E-state index contributed by atoms with van der Waals surface area (Å²) in [5.74, 6) is 3.39. The molecular formula is C82H80Cl8N16O7S6. The molecule has 6 aromatic carbocycles. The maximum absolute atomic E-state index is 11.5. The average Bonchev–Trinajstić information content (AvgIpc) is 0.845. The van der Waals surface area contributed by atoms with Crippen molar-refractivity contribution in [2.24, 2.45) is 0 Å². The molecule has 0 fully saturated rings. The summed E-state index contributed by atoms with van der Waals surface area (Å²) < 4.78 is 0. The molecular weight excluding hydrogens is 1800 g/mol. The van der Waals surface area contributed by atoms with Crippen molar-refractivity contribution in [3.63, 3.8) is 0 Å². The molecule has 0 aliphatic rings. The number of nitrogens with zero attached hydrogens (tertiary/aromatic N) is 11. The lowest BCUT2D eigenvalue weighted by atomic mass is 10.1. The lowest BCUT2D eigenvalue weighted by Gasteiger charge is -2.20. The van der Waals surface area contributed by atoms with Crippen LogP contribution in [0, 0.1) is 51.7 Å². The van der Waals surface area contributed by atoms with E-state index in [4.69, 9.17) is 92.8 Å². The van der Waals surface area contributed by atoms with E-state index in [1.54, 1.807) is 75.0 Å². The Hall–Kier alpha value is -8.08. The number of benzene rings is 6. The molecule has 0 atom stereocenters. The van der Waals surface area contributed by atoms with E-state index in [1.807, 2.05) is 93.7 Å². The van der Waals surface area contributed by atoms with Gasteiger partial charge in [-0.1, -0.05) is 245 Å². The summed E-state index contributed by atoms with van der Waals surface area (Å²) in [6.07, 6.45) is 3.62. The van der Waals surface area contributed by atoms with E-state index in [0.29, 0.717) is 102 Å². The predicted octanol–water partition coefficient (Wildman–Crippen LogP) is 21.8. The Kier molecular flexibility index (Phi) is 39.8. The van der Waals surface area contributed by atoms with E-state index in [9.17, 15) is 34.1 Å². The van der Waals surface area contributed by atoms with Crippen molar-refractivity contribution in [1.82, 2.24) is 74.7 Å². The first-order valence-corrected chi connectivity index (χ1v) is 45.3. The van der Waals surface area contributed by atoms with Gasteiger partial charge in [0.05, 0.1) is 42.3 Å². The normalized spacial score (nSPS) is 10.8. The zero-order chi connectivity index (χ0) is 86.2. The number of nitrogens with one attached hydrogen (secondary N) is 5. The second kappa shape index (κ2) is 49.1. The molecule has 0 aliphatic carbocycles. The zero-order valence-corrected chi connectivity index (χ0v) is 76.5. The summed E-state index contributed by atoms with van der Waals surface area (Å²) in [6, 6.07) is 44.1. The highest BCUT2D eigenvalue weighted by atomic mass is 35.5. The van der Waals surface area contributed by atoms with Crippen molar-refractivity contribution >= 4 is 180 Å². The van der Waals surface area contributed by atoms with Crippen LogP contribution in [-0.4, -0.2) is 92.7 Å². The molecule has 7 heterocycles. The van der Waals surface area contributed by atoms with Crippen molar-refractivity contribution in [1.29, 1.82) is 0 Å². The first kappa shape index (κ1) is 96.4. The largest absolute Gasteiger partial charge is 0.301 e. The number of thioether (sulfide) groups is 6. The van der Waals surface area contributed by atoms with E-state index < -0.39 is 4.92 Å². The fourth-order valence-corrected chi connectivity index (χ4v) is 18.6. The second-order valence-corrected chi connectivity index (χ2v) is 34.5. The number of rotatable bonds is 25. The Bertz CT molecular complexity index is 5910. The smallest absolute Gasteiger partial charge is 0.274 e. The number of nitro groups is 1. The lowest BCUT2D eigenvalue weighted by Crippen LogP contribution is -2.22. The SMILES string of the molecule is CCCc1cc(=O)[nH]c(SCc2ccccc2Cl)n1.CCN(CC)Cc1cccc(Cl)c1CSc1nc(C)cc(=O)[nH]1.Cc1cc(=O)[nH]c(SCc2c(Cl)ccc(Cl)c2Cl)n1.Cc1cc(=O)[nH]c(SCc2c(Cl)cccc2Cl)n1.Cc1cc(=O)[nH]c(SCc2c(Cl)cccc2[N+](=O)[O-])n1.Cc1cc(C)nc(SCc2cnc3ccccc3n2)n1. The third-order valence-corrected chi connectivity index (χ3v) is 24.6. The summed E-state index contributed by atoms with van der Waals surface area (Å²) in [5.41, 5.74) is 12.8. The first-order chi connectivity index (χ1) is 56.9. The van der Waals surface area contributed by atoms with Gasteiger partial charge in [-0.15, -0.1) is 0 Å². The van der Waals surface area contributed by atoms with Crippen molar-refractivity contribution < 1.29 is 4.92 Å². The molecule has 0 aliphatic heterocycles. The summed E-state index contributed by atoms with van der Waals surface area (Å²) >= 11 is 57.3. The van der Waals surface area contributed by atoms with Crippen LogP contribution in [-0.2, 0) is 47.5 Å². The molecule has 37 heteroatoms. The number of hydrogen-bond donors (Lipinski definition) is 5. The maximum atomic E-state index is 11.5. The Morgan fingerprint density at radius 2 is 0.765 bits per heavy atom. The van der Waals surface area contributed by atoms with E-state index in [2.05, 4.69) is 102 Å². The van der Waals surface area contributed by atoms with Gasteiger partial charge < -0.3 is 24.9 Å². The van der Waals surface area contributed by atoms with Gasteiger partial charge in [-0.05, 0) is 144 Å². The van der Waals surface area contributed by atoms with Gasteiger partial charge in [0.15, 0.2) is 30.9 Å². The number of hydrogen-bond acceptors (Lipinski definition) is 23. The van der Waals surface area contributed by atoms with Crippen LogP contribution in [0.5, 0.6) is 0 Å². The van der Waals surface area contributed by atoms with Crippen LogP contribution >= 0.6 is 163 Å². The van der Waals surface area contributed by atoms with Crippen LogP contribution in [0.3, 0.4) is 0 Å². The number of nitro benzene ring substituents is 1. The molecule has 0 radical (unpaired) electrons. The van der Waals surface area contributed by atoms with E-state index in [1.165, 1.54) is 101 Å². The summed E-state index contributed by atoms with van der Waals surface area (Å²) in [4.78, 5) is 122. The molecule has 23 nitrogen and oxygen atoms in total. The third kappa shape index (κ3) is 32.4. The van der Waals surface area contributed by atoms with Crippen molar-refractivity contribution in [2.75, 3.05) is 13.1 Å². The summed E-state index contributed by atoms with van der Waals surface area (Å²) in [5, 5.41) is 19.0. The quantitative estimate of drug-likeness (QED) is 0.0117. The molecule has 0 spiro atoms. The number of aromatic amines is 5. The maximum Gasteiger partial charge on any atom is 0.274 e. The average molecular weight is 1880 g/mol. The fourth-order valence-electron chi connectivity index (χ4n) is 10.5. The van der Waals surface area contributed by atoms with E-state index >= 15 is 0 Å². The standard InChI is InChI=1S/C17H22ClN3OS.C15H14N4S.C14H15ClN2OS.C12H9Cl3N2OS.C12H10Cl2N2OS.C12H10ClN3O3S/c1-4-21(5-2)10-13-7-6-8-15(18)14(13)11-23-17-19-12(3)9-16(22)20-17;1-10-7-11(2)18-15(17-10)20-9-12-8-16-13-5-3-4-6-14(13)19-12;1-2-5-11-8-13(18)17-14(16-11)19-9-10-6-3-4-7-12(10)15;1-6-4-10(18)17-12(16-6)19-5-7-8(13)2-3-9(14)11(7)15;1-7-5-11(17)16-12(15-7)18-6-8-9(13)3-2-4-10(8)14;1-7-5-11(17)15-12(14-7)20-6-8-9(13)3-2-4-10(8)16(18)19/h6-9H,4-5,10-11H2,1-3H3,(H,19,20,22);3-8H,9H2,1-2H3;3-4,6-8H,2,5,9H2,1H3,(H,16,17,18);2-4H,5H2,1H3,(H,16,17,18);2-5H,6H2,1H3,(H,15,16,17);2-5H,6H2,1H3,(H,14,15,17). The molecule has 13 aromatic rings. The van der Waals surface area contributed by atoms with Crippen LogP contribution in [0.25, 0.3) is 11.0 Å². The molecule has 13 rings (SSSR count). The minimum absolute atomic E-state index is 0.0417. The highest BCUT2D eigenvalue weighted by molar-refractivity contribution is 7.99. The van der Waals surface area contributed by atoms with Gasteiger partial charge in [0.1, 0.15) is 0 Å². The van der Waals surface area contributed by atoms with Crippen LogP contribution < -0.4 is 27.8 Å². The van der Waals surface area contributed by atoms with Gasteiger partial charge in [-0.25, -0.2) is 39.9 Å². The molecule has 0 unspecified atom stereocenters. The zero-order valence-electron chi connectivity index (χ0n) is 65.5. The number of halogens is 8. The fraction of sp³-hybridized carbons (Fsp3) is 0.244. The van der Waals surface area contributed by atoms with Gasteiger partial charge in [0.25, 0.3) is 33.5 Å². The van der Waals surface area contributed by atoms with Crippen molar-refractivity contribution in [3.8, 4) is 0 Å². The van der Waals surface area contributed by atoms with Gasteiger partial charge in [-0.3, -0.25) is 44.0 Å². The van der Waals surface area contributed by atoms with E-state index in [0.717, 1.165) is 115 Å². The van der Waals surface area contributed by atoms with E-state index in [-0.39, 0.29) is 39.2 Å². The highest BCUT2D eigenvalue weighted by Crippen LogP contribution is 2.37. The monoisotopic (exact) mass is 1870 g/mol. The molecule has 119 heavy (non-hydrogen) atoms. The van der Waals surface area contributed by atoms with Gasteiger partial charge >= 0.3 is 0 Å².